The van der Waals surface area contributed by atoms with Crippen LogP contribution in [0.25, 0.3) is 0 Å². The first kappa shape index (κ1) is 16.9. The van der Waals surface area contributed by atoms with Gasteiger partial charge in [0.25, 0.3) is 0 Å². The molecule has 0 aliphatic heterocycles. The molecule has 1 atom stereocenters. The Morgan fingerprint density at radius 1 is 1.00 bits per heavy atom. The second kappa shape index (κ2) is 11.1. The van der Waals surface area contributed by atoms with Crippen molar-refractivity contribution in [1.82, 2.24) is 0 Å². The first-order chi connectivity index (χ1) is 8.61. The van der Waals surface area contributed by atoms with Crippen LogP contribution in [0, 0.1) is 5.92 Å². The Labute approximate surface area is 110 Å². The summed E-state index contributed by atoms with van der Waals surface area (Å²) < 4.78 is 10.0. The van der Waals surface area contributed by atoms with Gasteiger partial charge in [-0.05, 0) is 25.7 Å². The van der Waals surface area contributed by atoms with Gasteiger partial charge in [0.15, 0.2) is 0 Å². The zero-order valence-electron chi connectivity index (χ0n) is 11.9. The zero-order chi connectivity index (χ0) is 13.8. The molecular formula is C14H26O4. The molecule has 0 aliphatic carbocycles. The Hall–Kier alpha value is -1.06. The van der Waals surface area contributed by atoms with Crippen molar-refractivity contribution in [2.45, 2.75) is 59.3 Å². The average molecular weight is 258 g/mol. The van der Waals surface area contributed by atoms with Crippen LogP contribution in [-0.4, -0.2) is 25.2 Å². The Bertz CT molecular complexity index is 238. The molecule has 4 heteroatoms. The van der Waals surface area contributed by atoms with E-state index < -0.39 is 0 Å². The second-order valence-electron chi connectivity index (χ2n) is 4.53. The minimum Gasteiger partial charge on any atom is -0.466 e. The van der Waals surface area contributed by atoms with Gasteiger partial charge in [0.1, 0.15) is 0 Å². The number of esters is 2. The van der Waals surface area contributed by atoms with Gasteiger partial charge in [-0.15, -0.1) is 0 Å². The third-order valence-electron chi connectivity index (χ3n) is 2.59. The molecule has 0 aliphatic rings. The van der Waals surface area contributed by atoms with Gasteiger partial charge in [0, 0.05) is 6.42 Å². The molecule has 0 bridgehead atoms. The van der Waals surface area contributed by atoms with Gasteiger partial charge in [-0.25, -0.2) is 0 Å². The van der Waals surface area contributed by atoms with Crippen LogP contribution in [0.5, 0.6) is 0 Å². The molecule has 18 heavy (non-hydrogen) atoms. The van der Waals surface area contributed by atoms with Gasteiger partial charge >= 0.3 is 11.9 Å². The molecule has 0 aromatic heterocycles. The molecule has 0 rings (SSSR count). The second-order valence-corrected chi connectivity index (χ2v) is 4.53. The summed E-state index contributed by atoms with van der Waals surface area (Å²) in [6.07, 6.45) is 4.53. The summed E-state index contributed by atoms with van der Waals surface area (Å²) in [7, 11) is 0. The number of ether oxygens (including phenoxy) is 2. The molecule has 0 radical (unpaired) electrons. The summed E-state index contributed by atoms with van der Waals surface area (Å²) in [5.41, 5.74) is 0. The number of rotatable bonds is 10. The zero-order valence-corrected chi connectivity index (χ0v) is 11.9. The molecule has 0 saturated carbocycles. The molecule has 0 amide bonds. The highest BCUT2D eigenvalue weighted by molar-refractivity contribution is 5.72. The van der Waals surface area contributed by atoms with Crippen molar-refractivity contribution < 1.29 is 19.1 Å². The third kappa shape index (κ3) is 9.02. The average Bonchev–Trinajstić information content (AvgIpc) is 2.38. The van der Waals surface area contributed by atoms with E-state index in [9.17, 15) is 9.59 Å². The van der Waals surface area contributed by atoms with Crippen molar-refractivity contribution in [3.05, 3.63) is 0 Å². The maximum absolute atomic E-state index is 11.5. The van der Waals surface area contributed by atoms with Crippen LogP contribution in [0.4, 0.5) is 0 Å². The van der Waals surface area contributed by atoms with Crippen molar-refractivity contribution in [2.75, 3.05) is 13.2 Å². The summed E-state index contributed by atoms with van der Waals surface area (Å²) in [5.74, 6) is -0.355. The highest BCUT2D eigenvalue weighted by Gasteiger charge is 2.13. The molecular weight excluding hydrogens is 232 g/mol. The van der Waals surface area contributed by atoms with Gasteiger partial charge in [0.2, 0.25) is 0 Å². The van der Waals surface area contributed by atoms with E-state index in [1.54, 1.807) is 0 Å². The molecule has 1 unspecified atom stereocenters. The lowest BCUT2D eigenvalue weighted by molar-refractivity contribution is -0.148. The standard InChI is InChI=1S/C14H26O4/c1-4-10-17-13(15)9-7-6-8-12(3)14(16)18-11-5-2/h12H,4-11H2,1-3H3. The van der Waals surface area contributed by atoms with Crippen molar-refractivity contribution in [2.24, 2.45) is 5.92 Å². The molecule has 4 nitrogen and oxygen atoms in total. The van der Waals surface area contributed by atoms with Crippen molar-refractivity contribution in [3.63, 3.8) is 0 Å². The number of unbranched alkanes of at least 4 members (excludes halogenated alkanes) is 1. The number of carbonyl (C=O) groups excluding carboxylic acids is 2. The van der Waals surface area contributed by atoms with Crippen LogP contribution in [0.2, 0.25) is 0 Å². The van der Waals surface area contributed by atoms with E-state index in [4.69, 9.17) is 9.47 Å². The maximum Gasteiger partial charge on any atom is 0.308 e. The first-order valence-electron chi connectivity index (χ1n) is 6.94. The molecule has 0 fully saturated rings. The molecule has 0 saturated heterocycles. The normalized spacial score (nSPS) is 11.9. The Balaban J connectivity index is 3.53. The lowest BCUT2D eigenvalue weighted by atomic mass is 10.0. The summed E-state index contributed by atoms with van der Waals surface area (Å²) in [6, 6.07) is 0. The van der Waals surface area contributed by atoms with Gasteiger partial charge in [-0.3, -0.25) is 9.59 Å². The van der Waals surface area contributed by atoms with Crippen LogP contribution in [0.15, 0.2) is 0 Å². The van der Waals surface area contributed by atoms with Gasteiger partial charge < -0.3 is 9.47 Å². The minimum atomic E-state index is -0.141. The van der Waals surface area contributed by atoms with E-state index in [0.717, 1.165) is 32.1 Å². The fourth-order valence-electron chi connectivity index (χ4n) is 1.47. The van der Waals surface area contributed by atoms with E-state index in [1.807, 2.05) is 20.8 Å². The summed E-state index contributed by atoms with van der Waals surface area (Å²) in [6.45, 7) is 6.80. The Morgan fingerprint density at radius 2 is 1.61 bits per heavy atom. The lowest BCUT2D eigenvalue weighted by Gasteiger charge is -2.10. The van der Waals surface area contributed by atoms with Crippen LogP contribution in [-0.2, 0) is 19.1 Å². The molecule has 0 N–H and O–H groups in total. The Morgan fingerprint density at radius 3 is 2.22 bits per heavy atom. The Kier molecular flexibility index (Phi) is 10.4. The van der Waals surface area contributed by atoms with Crippen LogP contribution < -0.4 is 0 Å². The van der Waals surface area contributed by atoms with Crippen molar-refractivity contribution >= 4 is 11.9 Å². The van der Waals surface area contributed by atoms with E-state index in [2.05, 4.69) is 0 Å². The molecule has 0 spiro atoms. The number of hydrogen-bond acceptors (Lipinski definition) is 4. The molecule has 0 heterocycles. The van der Waals surface area contributed by atoms with Crippen molar-refractivity contribution in [1.29, 1.82) is 0 Å². The third-order valence-corrected chi connectivity index (χ3v) is 2.59. The quantitative estimate of drug-likeness (QED) is 0.446. The fourth-order valence-corrected chi connectivity index (χ4v) is 1.47. The molecule has 106 valence electrons. The summed E-state index contributed by atoms with van der Waals surface area (Å²) >= 11 is 0. The van der Waals surface area contributed by atoms with Crippen LogP contribution >= 0.6 is 0 Å². The van der Waals surface area contributed by atoms with Gasteiger partial charge in [-0.2, -0.15) is 0 Å². The highest BCUT2D eigenvalue weighted by atomic mass is 16.5. The van der Waals surface area contributed by atoms with Gasteiger partial charge in [-0.1, -0.05) is 27.2 Å². The summed E-state index contributed by atoms with van der Waals surface area (Å²) in [5, 5.41) is 0. The highest BCUT2D eigenvalue weighted by Crippen LogP contribution is 2.11. The predicted molar refractivity (Wildman–Crippen MR) is 70.1 cm³/mol. The smallest absolute Gasteiger partial charge is 0.308 e. The van der Waals surface area contributed by atoms with Crippen LogP contribution in [0.1, 0.15) is 59.3 Å². The topological polar surface area (TPSA) is 52.6 Å². The SMILES string of the molecule is CCCOC(=O)CCCCC(C)C(=O)OCCC. The van der Waals surface area contributed by atoms with E-state index in [-0.39, 0.29) is 17.9 Å². The largest absolute Gasteiger partial charge is 0.466 e. The lowest BCUT2D eigenvalue weighted by Crippen LogP contribution is -2.15. The summed E-state index contributed by atoms with van der Waals surface area (Å²) in [4.78, 5) is 22.7. The van der Waals surface area contributed by atoms with E-state index >= 15 is 0 Å². The van der Waals surface area contributed by atoms with E-state index in [0.29, 0.717) is 19.6 Å². The molecule has 0 aromatic rings. The minimum absolute atomic E-state index is 0.0804. The van der Waals surface area contributed by atoms with Gasteiger partial charge in [0.05, 0.1) is 19.1 Å². The number of hydrogen-bond donors (Lipinski definition) is 0. The first-order valence-corrected chi connectivity index (χ1v) is 6.94. The fraction of sp³-hybridized carbons (Fsp3) is 0.857. The molecule has 0 aromatic carbocycles. The van der Waals surface area contributed by atoms with E-state index in [1.165, 1.54) is 0 Å². The number of carbonyl (C=O) groups is 2. The maximum atomic E-state index is 11.5. The predicted octanol–water partition coefficient (Wildman–Crippen LogP) is 3.09. The van der Waals surface area contributed by atoms with Crippen LogP contribution in [0.3, 0.4) is 0 Å². The monoisotopic (exact) mass is 258 g/mol. The van der Waals surface area contributed by atoms with Crippen molar-refractivity contribution in [3.8, 4) is 0 Å².